The Labute approximate surface area is 502 Å². The number of unbranched alkanes of at least 4 members (excludes halogenated alkanes) is 6. The number of aromatic nitrogens is 2. The van der Waals surface area contributed by atoms with E-state index in [1.165, 1.54) is 38.1 Å². The molecule has 2 N–H and O–H groups in total. The van der Waals surface area contributed by atoms with Gasteiger partial charge in [-0.25, -0.2) is 9.41 Å². The molecule has 5 aromatic rings. The van der Waals surface area contributed by atoms with Crippen LogP contribution in [0.1, 0.15) is 206 Å². The first-order valence-corrected chi connectivity index (χ1v) is 30.8. The third-order valence-electron chi connectivity index (χ3n) is 15.8. The molecule has 2 heterocycles. The number of amides is 3. The molecular weight excluding hydrogens is 1070 g/mol. The zero-order valence-electron chi connectivity index (χ0n) is 51.9. The van der Waals surface area contributed by atoms with Crippen molar-refractivity contribution in [3.63, 3.8) is 0 Å². The number of nitriles is 1. The lowest BCUT2D eigenvalue weighted by molar-refractivity contribution is 0.0684. The van der Waals surface area contributed by atoms with Crippen LogP contribution in [-0.4, -0.2) is 91.0 Å². The van der Waals surface area contributed by atoms with Crippen LogP contribution in [0, 0.1) is 43.6 Å². The topological polar surface area (TPSA) is 223 Å². The van der Waals surface area contributed by atoms with Gasteiger partial charge >= 0.3 is 0 Å². The molecule has 0 aliphatic rings. The van der Waals surface area contributed by atoms with Crippen molar-refractivity contribution in [3.8, 4) is 29.2 Å². The van der Waals surface area contributed by atoms with Crippen molar-refractivity contribution < 1.29 is 24.6 Å². The van der Waals surface area contributed by atoms with Gasteiger partial charge in [-0.3, -0.25) is 28.5 Å². The van der Waals surface area contributed by atoms with E-state index in [9.17, 15) is 34.7 Å². The molecule has 2 unspecified atom stereocenters. The molecule has 85 heavy (non-hydrogen) atoms. The summed E-state index contributed by atoms with van der Waals surface area (Å²) < 4.78 is 1.75. The first kappa shape index (κ1) is 67.5. The second kappa shape index (κ2) is 33.9. The summed E-state index contributed by atoms with van der Waals surface area (Å²) in [6, 6.07) is 18.9. The van der Waals surface area contributed by atoms with Crippen molar-refractivity contribution in [2.75, 3.05) is 39.3 Å². The summed E-state index contributed by atoms with van der Waals surface area (Å²) in [5, 5.41) is 51.7. The van der Waals surface area contributed by atoms with Crippen molar-refractivity contribution in [2.45, 2.75) is 172 Å². The Kier molecular flexibility index (Phi) is 26.9. The summed E-state index contributed by atoms with van der Waals surface area (Å²) in [7, 11) is 0. The molecule has 2 atom stereocenters. The molecule has 3 aromatic carbocycles. The second-order valence-corrected chi connectivity index (χ2v) is 22.1. The molecule has 0 radical (unpaired) electrons. The lowest BCUT2D eigenvalue weighted by Gasteiger charge is -2.31. The highest BCUT2D eigenvalue weighted by Gasteiger charge is 2.27. The summed E-state index contributed by atoms with van der Waals surface area (Å²) >= 11 is 0. The van der Waals surface area contributed by atoms with Gasteiger partial charge < -0.3 is 24.9 Å². The van der Waals surface area contributed by atoms with Crippen molar-refractivity contribution in [3.05, 3.63) is 132 Å². The molecule has 5 rings (SSSR count). The molecule has 0 bridgehead atoms. The average molecular weight is 1160 g/mol. The summed E-state index contributed by atoms with van der Waals surface area (Å²) in [4.78, 5) is 80.5. The van der Waals surface area contributed by atoms with E-state index in [1.54, 1.807) is 42.5 Å². The Hall–Kier alpha value is -8.25. The second-order valence-electron chi connectivity index (χ2n) is 22.1. The number of carbonyl (C=O) groups excluding carboxylic acids is 3. The van der Waals surface area contributed by atoms with Gasteiger partial charge in [0.1, 0.15) is 17.3 Å². The average Bonchev–Trinajstić information content (AvgIpc) is 3.00. The van der Waals surface area contributed by atoms with Crippen LogP contribution in [0.3, 0.4) is 0 Å². The number of hydrogen-bond acceptors (Lipinski definition) is 12. The SMILES string of the molecule is [C-]#[N+]c1c(C)c(N=Nc2cc(C(=O)N(CCCC)CCCC)cc(C(=O)N(CC(CC)CCCC)CC(CC)CCCC)c2)c(O)n(-c2ccc(-n3c(O)c(N=Nc4cccc(C(=O)N(CCCC)CCCC)c4)c(C)c(C#N)c3=O)cc2)c1=O. The largest absolute Gasteiger partial charge is 0.493 e. The van der Waals surface area contributed by atoms with E-state index in [0.29, 0.717) is 50.5 Å². The summed E-state index contributed by atoms with van der Waals surface area (Å²) in [6.07, 6.45) is 14.9. The van der Waals surface area contributed by atoms with Gasteiger partial charge in [-0.05, 0) is 130 Å². The number of azo groups is 2. The molecule has 0 aliphatic carbocycles. The van der Waals surface area contributed by atoms with Crippen molar-refractivity contribution in [2.24, 2.45) is 32.3 Å². The minimum absolute atomic E-state index is 0.0330. The third-order valence-corrected chi connectivity index (χ3v) is 15.8. The molecule has 2 aromatic heterocycles. The van der Waals surface area contributed by atoms with Gasteiger partial charge in [-0.15, -0.1) is 10.2 Å². The number of nitrogens with zero attached hydrogens (tertiary/aromatic N) is 11. The number of benzene rings is 3. The molecule has 454 valence electrons. The van der Waals surface area contributed by atoms with Gasteiger partial charge in [0.15, 0.2) is 5.69 Å². The number of hydrogen-bond donors (Lipinski definition) is 2. The molecule has 18 nitrogen and oxygen atoms in total. The first-order chi connectivity index (χ1) is 41.0. The summed E-state index contributed by atoms with van der Waals surface area (Å²) in [5.41, 5.74) is -1.24. The number of pyridine rings is 2. The van der Waals surface area contributed by atoms with Gasteiger partial charge in [0.05, 0.1) is 29.3 Å². The van der Waals surface area contributed by atoms with Crippen LogP contribution in [0.2, 0.25) is 0 Å². The molecular formula is C67H89N11O7. The molecule has 0 fully saturated rings. The third kappa shape index (κ3) is 17.4. The Morgan fingerprint density at radius 2 is 0.965 bits per heavy atom. The molecule has 3 amide bonds. The van der Waals surface area contributed by atoms with Crippen molar-refractivity contribution >= 4 is 46.2 Å². The van der Waals surface area contributed by atoms with E-state index in [-0.39, 0.29) is 91.5 Å². The molecule has 0 aliphatic heterocycles. The van der Waals surface area contributed by atoms with E-state index >= 15 is 4.79 Å². The number of carbonyl (C=O) groups is 3. The maximum atomic E-state index is 15.1. The van der Waals surface area contributed by atoms with E-state index in [0.717, 1.165) is 112 Å². The molecule has 0 saturated heterocycles. The van der Waals surface area contributed by atoms with Crippen LogP contribution in [0.25, 0.3) is 16.2 Å². The van der Waals surface area contributed by atoms with Crippen molar-refractivity contribution in [1.29, 1.82) is 5.26 Å². The zero-order valence-corrected chi connectivity index (χ0v) is 51.9. The zero-order chi connectivity index (χ0) is 62.2. The van der Waals surface area contributed by atoms with Gasteiger partial charge in [-0.1, -0.05) is 126 Å². The Morgan fingerprint density at radius 3 is 1.40 bits per heavy atom. The maximum absolute atomic E-state index is 15.1. The highest BCUT2D eigenvalue weighted by atomic mass is 16.3. The van der Waals surface area contributed by atoms with E-state index in [2.05, 4.69) is 80.7 Å². The van der Waals surface area contributed by atoms with Crippen LogP contribution >= 0.6 is 0 Å². The Bertz CT molecular complexity index is 3320. The predicted molar refractivity (Wildman–Crippen MR) is 337 cm³/mol. The monoisotopic (exact) mass is 1160 g/mol. The number of rotatable bonds is 33. The fourth-order valence-electron chi connectivity index (χ4n) is 10.3. The van der Waals surface area contributed by atoms with Crippen LogP contribution in [0.5, 0.6) is 11.8 Å². The quantitative estimate of drug-likeness (QED) is 0.0303. The normalized spacial score (nSPS) is 12.1. The van der Waals surface area contributed by atoms with Gasteiger partial charge in [0.25, 0.3) is 34.5 Å². The van der Waals surface area contributed by atoms with Gasteiger partial charge in [0, 0.05) is 61.5 Å². The van der Waals surface area contributed by atoms with E-state index in [1.807, 2.05) is 20.8 Å². The van der Waals surface area contributed by atoms with Crippen LogP contribution in [-0.2, 0) is 0 Å². The number of aromatic hydroxyl groups is 2. The minimum atomic E-state index is -0.879. The maximum Gasteiger partial charge on any atom is 0.276 e. The van der Waals surface area contributed by atoms with E-state index in [4.69, 9.17) is 6.57 Å². The molecule has 18 heteroatoms. The highest BCUT2D eigenvalue weighted by Crippen LogP contribution is 2.39. The Morgan fingerprint density at radius 1 is 0.553 bits per heavy atom. The van der Waals surface area contributed by atoms with E-state index < -0.39 is 22.9 Å². The summed E-state index contributed by atoms with van der Waals surface area (Å²) in [6.45, 7) is 31.4. The highest BCUT2D eigenvalue weighted by molar-refractivity contribution is 6.01. The van der Waals surface area contributed by atoms with Gasteiger partial charge in [0.2, 0.25) is 11.8 Å². The standard InChI is InChI=1S/C67H89N11O7/c1-12-20-27-48(18-7)44-76(45-49(19-8)28-21-13-2)63(81)52-39-51(62(80)75(37-24-16-5)38-25-17-6)41-54(42-52)71-73-60-47(10)58(69-11)65(83)78(67(60)85)56-33-31-55(32-34-56)77-64(82)57(43-68)46(9)59(66(77)84)72-70-53-30-26-29-50(40-53)61(79)74(35-22-14-3)36-23-15-4/h26,29-34,39-42,48-49,84-85H,12-25,27-28,35-38,44-45H2,1-10H3. The first-order valence-electron chi connectivity index (χ1n) is 30.8. The lowest BCUT2D eigenvalue weighted by Crippen LogP contribution is -2.39. The minimum Gasteiger partial charge on any atom is -0.493 e. The summed E-state index contributed by atoms with van der Waals surface area (Å²) in [5.74, 6) is -1.36. The van der Waals surface area contributed by atoms with Crippen LogP contribution in [0.4, 0.5) is 28.4 Å². The fraction of sp³-hybridized carbons (Fsp3) is 0.507. The van der Waals surface area contributed by atoms with Gasteiger partial charge in [-0.2, -0.15) is 15.5 Å². The predicted octanol–water partition coefficient (Wildman–Crippen LogP) is 16.2. The van der Waals surface area contributed by atoms with Crippen molar-refractivity contribution in [1.82, 2.24) is 23.8 Å². The molecule has 0 saturated carbocycles. The lowest BCUT2D eigenvalue weighted by atomic mass is 9.95. The van der Waals surface area contributed by atoms with Crippen LogP contribution < -0.4 is 11.1 Å². The smallest absolute Gasteiger partial charge is 0.276 e. The Balaban J connectivity index is 1.61. The van der Waals surface area contributed by atoms with Crippen LogP contribution in [0.15, 0.2) is 96.8 Å². The molecule has 0 spiro atoms. The fourth-order valence-corrected chi connectivity index (χ4v) is 10.3.